The molecule has 0 aromatic carbocycles. The van der Waals surface area contributed by atoms with Gasteiger partial charge >= 0.3 is 0 Å². The van der Waals surface area contributed by atoms with Gasteiger partial charge in [0, 0.05) is 18.9 Å². The highest BCUT2D eigenvalue weighted by Crippen LogP contribution is 2.53. The third-order valence-corrected chi connectivity index (χ3v) is 5.99. The van der Waals surface area contributed by atoms with Crippen LogP contribution in [0.1, 0.15) is 0 Å². The Bertz CT molecular complexity index is 602. The van der Waals surface area contributed by atoms with Gasteiger partial charge in [-0.25, -0.2) is 9.97 Å². The number of carbonyl (C=O) groups excluding carboxylic acids is 2. The molecule has 1 saturated heterocycles. The molecule has 19 heavy (non-hydrogen) atoms. The summed E-state index contributed by atoms with van der Waals surface area (Å²) in [6.07, 6.45) is 4.76. The predicted octanol–water partition coefficient (Wildman–Crippen LogP) is 2.72. The van der Waals surface area contributed by atoms with Gasteiger partial charge in [0.05, 0.1) is 4.24 Å². The fourth-order valence-electron chi connectivity index (χ4n) is 1.55. The molecule has 8 heteroatoms. The molecule has 1 aromatic heterocycles. The number of fused-ring (bicyclic) bond motifs is 1. The molecule has 0 atom stereocenters. The van der Waals surface area contributed by atoms with Crippen LogP contribution >= 0.6 is 35.3 Å². The molecular weight excluding hydrogens is 302 g/mol. The van der Waals surface area contributed by atoms with Gasteiger partial charge in [0.1, 0.15) is 15.0 Å². The number of carbonyl (C=O) groups is 2. The minimum atomic E-state index is -0.266. The van der Waals surface area contributed by atoms with E-state index in [1.54, 1.807) is 12.4 Å². The van der Waals surface area contributed by atoms with Crippen molar-refractivity contribution < 1.29 is 9.59 Å². The van der Waals surface area contributed by atoms with E-state index in [9.17, 15) is 9.59 Å². The van der Waals surface area contributed by atoms with Crippen LogP contribution in [0, 0.1) is 0 Å². The maximum absolute atomic E-state index is 12.2. The van der Waals surface area contributed by atoms with Crippen LogP contribution in [0.15, 0.2) is 44.2 Å². The van der Waals surface area contributed by atoms with Crippen molar-refractivity contribution in [2.24, 2.45) is 0 Å². The molecule has 1 aromatic rings. The molecule has 2 amide bonds. The molecule has 2 aliphatic heterocycles. The molecule has 96 valence electrons. The third kappa shape index (κ3) is 2.19. The Labute approximate surface area is 121 Å². The van der Waals surface area contributed by atoms with Crippen molar-refractivity contribution in [2.45, 2.75) is 10.1 Å². The number of thioether (sulfide) groups is 3. The molecule has 3 heterocycles. The van der Waals surface area contributed by atoms with Crippen LogP contribution < -0.4 is 0 Å². The van der Waals surface area contributed by atoms with Crippen molar-refractivity contribution in [3.8, 4) is 0 Å². The molecule has 0 N–H and O–H groups in total. The minimum Gasteiger partial charge on any atom is -0.268 e. The average molecular weight is 309 g/mol. The molecule has 0 spiro atoms. The molecule has 0 saturated carbocycles. The van der Waals surface area contributed by atoms with E-state index in [4.69, 9.17) is 0 Å². The van der Waals surface area contributed by atoms with Gasteiger partial charge in [0.2, 0.25) is 0 Å². The number of nitrogens with zero attached hydrogens (tertiary/aromatic N) is 3. The zero-order valence-electron chi connectivity index (χ0n) is 9.53. The maximum atomic E-state index is 12.2. The van der Waals surface area contributed by atoms with Gasteiger partial charge in [0.15, 0.2) is 0 Å². The van der Waals surface area contributed by atoms with Gasteiger partial charge in [-0.1, -0.05) is 29.6 Å². The smallest absolute Gasteiger partial charge is 0.268 e. The van der Waals surface area contributed by atoms with Crippen molar-refractivity contribution >= 4 is 46.4 Å². The summed E-state index contributed by atoms with van der Waals surface area (Å²) in [4.78, 5) is 33.9. The van der Waals surface area contributed by atoms with Crippen LogP contribution in [-0.2, 0) is 4.79 Å². The van der Waals surface area contributed by atoms with Gasteiger partial charge in [-0.3, -0.25) is 14.5 Å². The molecule has 0 bridgehead atoms. The molecular formula is C11H7N3O2S3. The summed E-state index contributed by atoms with van der Waals surface area (Å²) >= 11 is 3.73. The summed E-state index contributed by atoms with van der Waals surface area (Å²) in [5, 5.41) is 1.29. The monoisotopic (exact) mass is 309 g/mol. The largest absolute Gasteiger partial charge is 0.293 e. The lowest BCUT2D eigenvalue weighted by molar-refractivity contribution is -0.122. The van der Waals surface area contributed by atoms with Crippen LogP contribution in [0.25, 0.3) is 0 Å². The van der Waals surface area contributed by atoms with Crippen LogP contribution in [0.2, 0.25) is 0 Å². The van der Waals surface area contributed by atoms with Gasteiger partial charge in [-0.15, -0.1) is 6.58 Å². The Balaban J connectivity index is 1.92. The number of rotatable bonds is 2. The summed E-state index contributed by atoms with van der Waals surface area (Å²) in [5.74, 6) is -0.266. The van der Waals surface area contributed by atoms with Crippen LogP contribution in [0.3, 0.4) is 0 Å². The fraction of sp³-hybridized carbons (Fsp3) is 0.0909. The zero-order valence-corrected chi connectivity index (χ0v) is 12.0. The lowest BCUT2D eigenvalue weighted by Crippen LogP contribution is -2.28. The summed E-state index contributed by atoms with van der Waals surface area (Å²) in [7, 11) is 0. The highest BCUT2D eigenvalue weighted by Gasteiger charge is 2.38. The second-order valence-corrected chi connectivity index (χ2v) is 6.78. The fourth-order valence-corrected chi connectivity index (χ4v) is 4.88. The lowest BCUT2D eigenvalue weighted by atomic mass is 10.5. The number of hydrogen-bond donors (Lipinski definition) is 0. The number of hydrogen-bond acceptors (Lipinski definition) is 7. The van der Waals surface area contributed by atoms with E-state index >= 15 is 0 Å². The highest BCUT2D eigenvalue weighted by atomic mass is 32.2. The van der Waals surface area contributed by atoms with E-state index in [-0.39, 0.29) is 17.7 Å². The van der Waals surface area contributed by atoms with E-state index in [1.807, 2.05) is 0 Å². The van der Waals surface area contributed by atoms with E-state index in [0.29, 0.717) is 4.91 Å². The maximum Gasteiger partial charge on any atom is 0.293 e. The Hall–Kier alpha value is -1.25. The quantitative estimate of drug-likeness (QED) is 0.615. The van der Waals surface area contributed by atoms with Crippen LogP contribution in [-0.4, -0.2) is 32.6 Å². The molecule has 0 unspecified atom stereocenters. The third-order valence-electron chi connectivity index (χ3n) is 2.36. The summed E-state index contributed by atoms with van der Waals surface area (Å²) in [6, 6.07) is 0. The van der Waals surface area contributed by atoms with Crippen molar-refractivity contribution in [1.82, 2.24) is 14.9 Å². The van der Waals surface area contributed by atoms with Crippen molar-refractivity contribution in [3.05, 3.63) is 34.2 Å². The van der Waals surface area contributed by atoms with E-state index in [0.717, 1.165) is 26.1 Å². The first-order valence-electron chi connectivity index (χ1n) is 5.26. The first-order chi connectivity index (χ1) is 9.20. The molecule has 2 aliphatic rings. The highest BCUT2D eigenvalue weighted by molar-refractivity contribution is 8.27. The summed E-state index contributed by atoms with van der Waals surface area (Å²) in [6.45, 7) is 3.78. The average Bonchev–Trinajstić information content (AvgIpc) is 2.94. The Morgan fingerprint density at radius 3 is 2.37 bits per heavy atom. The number of amides is 2. The molecule has 0 radical (unpaired) electrons. The van der Waals surface area contributed by atoms with E-state index < -0.39 is 0 Å². The summed E-state index contributed by atoms with van der Waals surface area (Å²) < 4.78 is 0.774. The van der Waals surface area contributed by atoms with Crippen LogP contribution in [0.5, 0.6) is 0 Å². The van der Waals surface area contributed by atoms with Crippen molar-refractivity contribution in [2.75, 3.05) is 6.54 Å². The van der Waals surface area contributed by atoms with Gasteiger partial charge in [0.25, 0.3) is 11.1 Å². The summed E-state index contributed by atoms with van der Waals surface area (Å²) in [5.41, 5.74) is 0. The molecule has 3 rings (SSSR count). The SMILES string of the molecule is C=CCN1C(=O)SC(=C2Sc3nccnc3S2)C1=O. The zero-order chi connectivity index (χ0) is 13.4. The lowest BCUT2D eigenvalue weighted by Gasteiger charge is -2.08. The molecule has 5 nitrogen and oxygen atoms in total. The predicted molar refractivity (Wildman–Crippen MR) is 75.7 cm³/mol. The Morgan fingerprint density at radius 2 is 1.79 bits per heavy atom. The topological polar surface area (TPSA) is 63.2 Å². The standard InChI is InChI=1S/C11H7N3O2S3/c1-2-5-14-9(15)6(17-11(14)16)10-18-7-8(19-10)13-4-3-12-7/h2-4H,1,5H2. The number of aromatic nitrogens is 2. The van der Waals surface area contributed by atoms with Crippen molar-refractivity contribution in [1.29, 1.82) is 0 Å². The van der Waals surface area contributed by atoms with Gasteiger partial charge in [-0.05, 0) is 11.8 Å². The minimum absolute atomic E-state index is 0.236. The first kappa shape index (κ1) is 12.8. The van der Waals surface area contributed by atoms with E-state index in [1.165, 1.54) is 34.5 Å². The number of imide groups is 1. The molecule has 0 aliphatic carbocycles. The van der Waals surface area contributed by atoms with Gasteiger partial charge < -0.3 is 0 Å². The Kier molecular flexibility index (Phi) is 3.38. The second-order valence-electron chi connectivity index (χ2n) is 3.56. The normalized spacial score (nSPS) is 18.2. The second kappa shape index (κ2) is 5.03. The van der Waals surface area contributed by atoms with Crippen LogP contribution in [0.4, 0.5) is 4.79 Å². The van der Waals surface area contributed by atoms with Crippen molar-refractivity contribution in [3.63, 3.8) is 0 Å². The Morgan fingerprint density at radius 1 is 1.16 bits per heavy atom. The molecule has 1 fully saturated rings. The van der Waals surface area contributed by atoms with Gasteiger partial charge in [-0.2, -0.15) is 0 Å². The van der Waals surface area contributed by atoms with E-state index in [2.05, 4.69) is 16.5 Å². The first-order valence-corrected chi connectivity index (χ1v) is 7.71.